The lowest BCUT2D eigenvalue weighted by Crippen LogP contribution is -2.34. The Labute approximate surface area is 144 Å². The van der Waals surface area contributed by atoms with Crippen molar-refractivity contribution in [3.63, 3.8) is 0 Å². The minimum absolute atomic E-state index is 0.0206. The fourth-order valence-electron chi connectivity index (χ4n) is 3.05. The molecule has 1 aliphatic heterocycles. The SMILES string of the molecule is COc1cc(C2(c3ccccc3)CN(C)C(N)=N2)ccc1OC(F)F. The van der Waals surface area contributed by atoms with Crippen LogP contribution >= 0.6 is 0 Å². The molecule has 0 aromatic heterocycles. The van der Waals surface area contributed by atoms with Crippen LogP contribution in [0.25, 0.3) is 0 Å². The summed E-state index contributed by atoms with van der Waals surface area (Å²) in [5.74, 6) is 0.611. The van der Waals surface area contributed by atoms with Crippen LogP contribution in [0, 0.1) is 0 Å². The highest BCUT2D eigenvalue weighted by Gasteiger charge is 2.41. The van der Waals surface area contributed by atoms with Gasteiger partial charge >= 0.3 is 6.61 Å². The molecule has 1 heterocycles. The average molecular weight is 347 g/mol. The Morgan fingerprint density at radius 3 is 2.40 bits per heavy atom. The zero-order chi connectivity index (χ0) is 18.0. The van der Waals surface area contributed by atoms with Crippen LogP contribution in [0.4, 0.5) is 8.78 Å². The molecule has 3 rings (SSSR count). The molecular weight excluding hydrogens is 328 g/mol. The van der Waals surface area contributed by atoms with E-state index in [0.717, 1.165) is 11.1 Å². The average Bonchev–Trinajstić information content (AvgIpc) is 2.91. The lowest BCUT2D eigenvalue weighted by atomic mass is 9.83. The Bertz CT molecular complexity index is 783. The summed E-state index contributed by atoms with van der Waals surface area (Å²) >= 11 is 0. The van der Waals surface area contributed by atoms with Crippen molar-refractivity contribution in [1.29, 1.82) is 0 Å². The second kappa shape index (κ2) is 6.58. The molecule has 1 unspecified atom stereocenters. The predicted octanol–water partition coefficient (Wildman–Crippen LogP) is 2.80. The normalized spacial score (nSPS) is 19.9. The number of rotatable bonds is 5. The van der Waals surface area contributed by atoms with Gasteiger partial charge in [0.25, 0.3) is 0 Å². The van der Waals surface area contributed by atoms with E-state index in [0.29, 0.717) is 12.5 Å². The summed E-state index contributed by atoms with van der Waals surface area (Å²) in [6.45, 7) is -2.39. The van der Waals surface area contributed by atoms with Crippen LogP contribution in [0.3, 0.4) is 0 Å². The van der Waals surface area contributed by atoms with Gasteiger partial charge in [0.2, 0.25) is 0 Å². The van der Waals surface area contributed by atoms with Crippen molar-refractivity contribution in [2.45, 2.75) is 12.2 Å². The summed E-state index contributed by atoms with van der Waals surface area (Å²) in [5.41, 5.74) is 7.01. The maximum atomic E-state index is 12.6. The zero-order valence-electron chi connectivity index (χ0n) is 13.9. The molecule has 2 N–H and O–H groups in total. The first kappa shape index (κ1) is 17.0. The second-order valence-corrected chi connectivity index (χ2v) is 5.80. The van der Waals surface area contributed by atoms with E-state index in [1.165, 1.54) is 13.2 Å². The number of alkyl halides is 2. The van der Waals surface area contributed by atoms with Crippen LogP contribution < -0.4 is 15.2 Å². The fraction of sp³-hybridized carbons (Fsp3) is 0.278. The molecule has 0 amide bonds. The second-order valence-electron chi connectivity index (χ2n) is 5.80. The molecule has 0 spiro atoms. The van der Waals surface area contributed by atoms with Gasteiger partial charge in [-0.25, -0.2) is 4.99 Å². The highest BCUT2D eigenvalue weighted by Crippen LogP contribution is 2.41. The number of methoxy groups -OCH3 is 1. The molecule has 0 aliphatic carbocycles. The van der Waals surface area contributed by atoms with E-state index in [1.807, 2.05) is 42.3 Å². The van der Waals surface area contributed by atoms with Crippen molar-refractivity contribution < 1.29 is 18.3 Å². The molecule has 25 heavy (non-hydrogen) atoms. The molecule has 0 fully saturated rings. The largest absolute Gasteiger partial charge is 0.493 e. The van der Waals surface area contributed by atoms with Crippen LogP contribution in [0.2, 0.25) is 0 Å². The lowest BCUT2D eigenvalue weighted by molar-refractivity contribution is -0.0512. The minimum atomic E-state index is -2.92. The van der Waals surface area contributed by atoms with E-state index in [2.05, 4.69) is 9.73 Å². The van der Waals surface area contributed by atoms with E-state index in [4.69, 9.17) is 10.5 Å². The zero-order valence-corrected chi connectivity index (χ0v) is 13.9. The number of nitrogens with zero attached hydrogens (tertiary/aromatic N) is 2. The third-order valence-corrected chi connectivity index (χ3v) is 4.27. The Morgan fingerprint density at radius 2 is 1.84 bits per heavy atom. The number of halogens is 2. The first-order valence-corrected chi connectivity index (χ1v) is 7.71. The summed E-state index contributed by atoms with van der Waals surface area (Å²) in [6, 6.07) is 14.5. The minimum Gasteiger partial charge on any atom is -0.493 e. The Hall–Kier alpha value is -2.83. The van der Waals surface area contributed by atoms with Gasteiger partial charge in [0.15, 0.2) is 17.5 Å². The summed E-state index contributed by atoms with van der Waals surface area (Å²) in [5, 5.41) is 0. The number of benzene rings is 2. The van der Waals surface area contributed by atoms with Gasteiger partial charge in [-0.05, 0) is 23.3 Å². The summed E-state index contributed by atoms with van der Waals surface area (Å²) in [7, 11) is 3.26. The van der Waals surface area contributed by atoms with Gasteiger partial charge in [-0.2, -0.15) is 8.78 Å². The summed E-state index contributed by atoms with van der Waals surface area (Å²) in [6.07, 6.45) is 0. The number of guanidine groups is 1. The maximum absolute atomic E-state index is 12.6. The van der Waals surface area contributed by atoms with Crippen molar-refractivity contribution in [2.24, 2.45) is 10.7 Å². The number of hydrogen-bond donors (Lipinski definition) is 1. The van der Waals surface area contributed by atoms with Crippen LogP contribution in [0.15, 0.2) is 53.5 Å². The molecule has 0 bridgehead atoms. The van der Waals surface area contributed by atoms with E-state index in [1.54, 1.807) is 12.1 Å². The first-order valence-electron chi connectivity index (χ1n) is 7.71. The van der Waals surface area contributed by atoms with Crippen LogP contribution in [0.1, 0.15) is 11.1 Å². The van der Waals surface area contributed by atoms with E-state index < -0.39 is 12.2 Å². The van der Waals surface area contributed by atoms with Crippen molar-refractivity contribution in [3.05, 3.63) is 59.7 Å². The van der Waals surface area contributed by atoms with Crippen LogP contribution in [0.5, 0.6) is 11.5 Å². The third-order valence-electron chi connectivity index (χ3n) is 4.27. The quantitative estimate of drug-likeness (QED) is 0.904. The van der Waals surface area contributed by atoms with E-state index in [-0.39, 0.29) is 11.5 Å². The van der Waals surface area contributed by atoms with Gasteiger partial charge in [0, 0.05) is 7.05 Å². The Balaban J connectivity index is 2.13. The third kappa shape index (κ3) is 3.09. The molecule has 132 valence electrons. The Kier molecular flexibility index (Phi) is 4.48. The molecule has 1 aliphatic rings. The first-order chi connectivity index (χ1) is 12.0. The number of aliphatic imine (C=N–C) groups is 1. The van der Waals surface area contributed by atoms with Crippen molar-refractivity contribution >= 4 is 5.96 Å². The monoisotopic (exact) mass is 347 g/mol. The van der Waals surface area contributed by atoms with Gasteiger partial charge < -0.3 is 20.1 Å². The highest BCUT2D eigenvalue weighted by atomic mass is 19.3. The van der Waals surface area contributed by atoms with Crippen LogP contribution in [-0.4, -0.2) is 38.2 Å². The predicted molar refractivity (Wildman–Crippen MR) is 91.1 cm³/mol. The molecule has 0 radical (unpaired) electrons. The van der Waals surface area contributed by atoms with Gasteiger partial charge in [-0.1, -0.05) is 36.4 Å². The number of hydrogen-bond acceptors (Lipinski definition) is 5. The lowest BCUT2D eigenvalue weighted by Gasteiger charge is -2.28. The molecule has 5 nitrogen and oxygen atoms in total. The molecule has 0 saturated heterocycles. The molecule has 2 aromatic carbocycles. The molecule has 7 heteroatoms. The maximum Gasteiger partial charge on any atom is 0.387 e. The molecule has 0 saturated carbocycles. The van der Waals surface area contributed by atoms with Crippen LogP contribution in [-0.2, 0) is 5.54 Å². The number of nitrogens with two attached hydrogens (primary N) is 1. The molecular formula is C18H19F2N3O2. The fourth-order valence-corrected chi connectivity index (χ4v) is 3.05. The van der Waals surface area contributed by atoms with Gasteiger partial charge in [0.05, 0.1) is 13.7 Å². The van der Waals surface area contributed by atoms with E-state index in [9.17, 15) is 8.78 Å². The smallest absolute Gasteiger partial charge is 0.387 e. The standard InChI is InChI=1S/C18H19F2N3O2/c1-23-11-18(22-17(23)21,12-6-4-3-5-7-12)13-8-9-14(25-16(19)20)15(10-13)24-2/h3-10,16H,11H2,1-2H3,(H2,21,22). The van der Waals surface area contributed by atoms with Gasteiger partial charge in [0.1, 0.15) is 5.54 Å². The van der Waals surface area contributed by atoms with Gasteiger partial charge in [-0.3, -0.25) is 0 Å². The van der Waals surface area contributed by atoms with Crippen molar-refractivity contribution in [3.8, 4) is 11.5 Å². The van der Waals surface area contributed by atoms with Crippen molar-refractivity contribution in [2.75, 3.05) is 20.7 Å². The van der Waals surface area contributed by atoms with E-state index >= 15 is 0 Å². The molecule has 1 atom stereocenters. The van der Waals surface area contributed by atoms with Gasteiger partial charge in [-0.15, -0.1) is 0 Å². The Morgan fingerprint density at radius 1 is 1.12 bits per heavy atom. The molecule has 2 aromatic rings. The number of ether oxygens (including phenoxy) is 2. The summed E-state index contributed by atoms with van der Waals surface area (Å²) < 4.78 is 34.9. The van der Waals surface area contributed by atoms with Crippen molar-refractivity contribution in [1.82, 2.24) is 4.90 Å². The topological polar surface area (TPSA) is 60.1 Å². The summed E-state index contributed by atoms with van der Waals surface area (Å²) in [4.78, 5) is 6.53. The number of likely N-dealkylation sites (N-methyl/N-ethyl adjacent to an activating group) is 1. The highest BCUT2D eigenvalue weighted by molar-refractivity contribution is 5.81.